The van der Waals surface area contributed by atoms with Crippen molar-refractivity contribution < 1.29 is 4.57 Å². The highest BCUT2D eigenvalue weighted by molar-refractivity contribution is 7.10. The molecule has 2 nitrogen and oxygen atoms in total. The minimum atomic E-state index is 0.496. The summed E-state index contributed by atoms with van der Waals surface area (Å²) in [6.07, 6.45) is 4.83. The fourth-order valence-corrected chi connectivity index (χ4v) is 3.45. The molecule has 3 rings (SSSR count). The smallest absolute Gasteiger partial charge is 0.191 e. The number of allylic oxidation sites excluding steroid dienone is 2. The van der Waals surface area contributed by atoms with E-state index in [-0.39, 0.29) is 0 Å². The van der Waals surface area contributed by atoms with Crippen LogP contribution in [-0.4, -0.2) is 0 Å². The van der Waals surface area contributed by atoms with Crippen molar-refractivity contribution in [3.05, 3.63) is 22.2 Å². The molecule has 13 heavy (non-hydrogen) atoms. The molecule has 64 valence electrons. The third-order valence-corrected chi connectivity index (χ3v) is 3.95. The summed E-state index contributed by atoms with van der Waals surface area (Å²) in [4.78, 5) is 1.50. The maximum Gasteiger partial charge on any atom is 0.235 e. The van der Waals surface area contributed by atoms with Gasteiger partial charge in [0.15, 0.2) is 0 Å². The molecule has 0 aromatic carbocycles. The summed E-state index contributed by atoms with van der Waals surface area (Å²) in [5.41, 5.74) is 4.91. The molecule has 0 N–H and O–H groups in total. The van der Waals surface area contributed by atoms with E-state index in [9.17, 15) is 0 Å². The number of nitriles is 1. The molecule has 0 radical (unpaired) electrons. The SMILES string of the molecule is N#CC[n+]1csc2c1C1=CCCC12. The molecule has 1 atom stereocenters. The number of thiazole rings is 1. The predicted molar refractivity (Wildman–Crippen MR) is 50.1 cm³/mol. The van der Waals surface area contributed by atoms with Crippen LogP contribution in [-0.2, 0) is 6.54 Å². The molecular weight excluding hydrogens is 180 g/mol. The minimum absolute atomic E-state index is 0.496. The average molecular weight is 189 g/mol. The van der Waals surface area contributed by atoms with E-state index < -0.39 is 0 Å². The first-order chi connectivity index (χ1) is 6.42. The van der Waals surface area contributed by atoms with Gasteiger partial charge in [-0.05, 0) is 12.8 Å². The lowest BCUT2D eigenvalue weighted by Crippen LogP contribution is -2.38. The van der Waals surface area contributed by atoms with Gasteiger partial charge in [-0.2, -0.15) is 9.83 Å². The largest absolute Gasteiger partial charge is 0.235 e. The van der Waals surface area contributed by atoms with Crippen LogP contribution in [0.2, 0.25) is 0 Å². The van der Waals surface area contributed by atoms with Gasteiger partial charge in [0, 0.05) is 11.5 Å². The van der Waals surface area contributed by atoms with Crippen molar-refractivity contribution in [3.63, 3.8) is 0 Å². The molecule has 1 heterocycles. The summed E-state index contributed by atoms with van der Waals surface area (Å²) in [7, 11) is 0. The van der Waals surface area contributed by atoms with E-state index in [1.807, 2.05) is 0 Å². The Bertz CT molecular complexity index is 436. The van der Waals surface area contributed by atoms with Crippen molar-refractivity contribution in [3.8, 4) is 6.07 Å². The van der Waals surface area contributed by atoms with Crippen LogP contribution in [0, 0.1) is 11.3 Å². The van der Waals surface area contributed by atoms with E-state index in [0.717, 1.165) is 5.92 Å². The molecule has 3 heteroatoms. The number of nitrogens with zero attached hydrogens (tertiary/aromatic N) is 2. The van der Waals surface area contributed by atoms with Crippen molar-refractivity contribution in [2.75, 3.05) is 0 Å². The molecule has 1 unspecified atom stereocenters. The summed E-state index contributed by atoms with van der Waals surface area (Å²) in [5, 5.41) is 8.63. The van der Waals surface area contributed by atoms with Crippen LogP contribution in [0.15, 0.2) is 11.6 Å². The van der Waals surface area contributed by atoms with Gasteiger partial charge < -0.3 is 0 Å². The summed E-state index contributed by atoms with van der Waals surface area (Å²) in [5.74, 6) is 0.722. The molecule has 0 saturated carbocycles. The molecule has 1 aromatic heterocycles. The Labute approximate surface area is 80.7 Å². The zero-order chi connectivity index (χ0) is 8.84. The molecule has 0 spiro atoms. The first kappa shape index (κ1) is 7.28. The molecule has 2 aliphatic rings. The Balaban J connectivity index is 2.10. The van der Waals surface area contributed by atoms with Gasteiger partial charge in [-0.1, -0.05) is 17.4 Å². The van der Waals surface area contributed by atoms with Gasteiger partial charge in [-0.3, -0.25) is 0 Å². The van der Waals surface area contributed by atoms with Crippen molar-refractivity contribution in [2.45, 2.75) is 25.3 Å². The van der Waals surface area contributed by atoms with Crippen LogP contribution in [0.25, 0.3) is 5.57 Å². The highest BCUT2D eigenvalue weighted by Gasteiger charge is 2.44. The van der Waals surface area contributed by atoms with E-state index in [4.69, 9.17) is 5.26 Å². The second kappa shape index (κ2) is 2.43. The lowest BCUT2D eigenvalue weighted by atomic mass is 9.84. The zero-order valence-corrected chi connectivity index (χ0v) is 7.97. The average Bonchev–Trinajstić information content (AvgIpc) is 2.61. The maximum absolute atomic E-state index is 8.63. The van der Waals surface area contributed by atoms with Gasteiger partial charge >= 0.3 is 0 Å². The number of rotatable bonds is 1. The first-order valence-corrected chi connectivity index (χ1v) is 5.38. The zero-order valence-electron chi connectivity index (χ0n) is 7.16. The van der Waals surface area contributed by atoms with Crippen LogP contribution in [0.4, 0.5) is 0 Å². The predicted octanol–water partition coefficient (Wildman–Crippen LogP) is 1.83. The Morgan fingerprint density at radius 2 is 2.62 bits per heavy atom. The van der Waals surface area contributed by atoms with Gasteiger partial charge in [-0.25, -0.2) is 0 Å². The van der Waals surface area contributed by atoms with Gasteiger partial charge in [-0.15, -0.1) is 0 Å². The number of aromatic nitrogens is 1. The van der Waals surface area contributed by atoms with Crippen molar-refractivity contribution in [1.29, 1.82) is 5.26 Å². The van der Waals surface area contributed by atoms with E-state index in [2.05, 4.69) is 22.2 Å². The van der Waals surface area contributed by atoms with Crippen LogP contribution in [0.1, 0.15) is 29.3 Å². The fourth-order valence-electron chi connectivity index (χ4n) is 2.28. The van der Waals surface area contributed by atoms with E-state index in [1.54, 1.807) is 11.3 Å². The molecule has 0 saturated heterocycles. The molecule has 0 aliphatic heterocycles. The molecule has 0 bridgehead atoms. The lowest BCUT2D eigenvalue weighted by molar-refractivity contribution is -0.683. The van der Waals surface area contributed by atoms with Gasteiger partial charge in [0.2, 0.25) is 17.7 Å². The normalized spacial score (nSPS) is 22.7. The standard InChI is InChI=1S/C10H9N2S/c11-4-5-12-6-13-10-8-3-1-2-7(8)9(10)12/h2,6,8H,1,3,5H2/q+1. The number of hydrogen-bond acceptors (Lipinski definition) is 2. The van der Waals surface area contributed by atoms with Crippen LogP contribution < -0.4 is 4.57 Å². The minimum Gasteiger partial charge on any atom is -0.191 e. The summed E-state index contributed by atoms with van der Waals surface area (Å²) < 4.78 is 2.08. The van der Waals surface area contributed by atoms with Crippen molar-refractivity contribution in [1.82, 2.24) is 0 Å². The summed E-state index contributed by atoms with van der Waals surface area (Å²) >= 11 is 1.81. The van der Waals surface area contributed by atoms with Crippen LogP contribution >= 0.6 is 11.3 Å². The second-order valence-electron chi connectivity index (χ2n) is 3.51. The quantitative estimate of drug-likeness (QED) is 0.619. The molecule has 2 aliphatic carbocycles. The van der Waals surface area contributed by atoms with Crippen molar-refractivity contribution >= 4 is 16.9 Å². The van der Waals surface area contributed by atoms with Gasteiger partial charge in [0.25, 0.3) is 0 Å². The Morgan fingerprint density at radius 3 is 3.46 bits per heavy atom. The maximum atomic E-state index is 8.63. The van der Waals surface area contributed by atoms with E-state index in [0.29, 0.717) is 6.54 Å². The summed E-state index contributed by atoms with van der Waals surface area (Å²) in [6, 6.07) is 2.19. The molecular formula is C10H9N2S+. The first-order valence-electron chi connectivity index (χ1n) is 4.50. The third-order valence-electron chi connectivity index (χ3n) is 2.85. The topological polar surface area (TPSA) is 27.7 Å². The highest BCUT2D eigenvalue weighted by atomic mass is 32.1. The Hall–Kier alpha value is -1.14. The fraction of sp³-hybridized carbons (Fsp3) is 0.400. The Kier molecular flexibility index (Phi) is 1.36. The van der Waals surface area contributed by atoms with Gasteiger partial charge in [0.05, 0.1) is 4.88 Å². The lowest BCUT2D eigenvalue weighted by Gasteiger charge is -2.20. The summed E-state index contributed by atoms with van der Waals surface area (Å²) in [6.45, 7) is 0.496. The highest BCUT2D eigenvalue weighted by Crippen LogP contribution is 2.52. The van der Waals surface area contributed by atoms with Crippen molar-refractivity contribution in [2.24, 2.45) is 0 Å². The van der Waals surface area contributed by atoms with Crippen LogP contribution in [0.3, 0.4) is 0 Å². The van der Waals surface area contributed by atoms with Crippen LogP contribution in [0.5, 0.6) is 0 Å². The number of hydrogen-bond donors (Lipinski definition) is 0. The van der Waals surface area contributed by atoms with E-state index >= 15 is 0 Å². The second-order valence-corrected chi connectivity index (χ2v) is 4.40. The molecule has 1 aromatic rings. The monoisotopic (exact) mass is 189 g/mol. The molecule has 0 amide bonds. The van der Waals surface area contributed by atoms with Gasteiger partial charge in [0.1, 0.15) is 6.07 Å². The van der Waals surface area contributed by atoms with E-state index in [1.165, 1.54) is 29.0 Å². The Morgan fingerprint density at radius 1 is 1.69 bits per heavy atom. The number of fused-ring (bicyclic) bond motifs is 4. The molecule has 0 fully saturated rings. The third kappa shape index (κ3) is 0.790.